The number of carbonyl (C=O) groups excluding carboxylic acids is 1. The van der Waals surface area contributed by atoms with Gasteiger partial charge in [0.1, 0.15) is 0 Å². The number of piperidine rings is 1. The maximum absolute atomic E-state index is 12.0. The standard InChI is InChI=1S/C18H23N3O/c22-18(6-5-14-7-9-19-10-8-14)21-13-15-11-16-3-1-2-4-17(16)20-12-15/h1-4,11-12,14,19H,5-10,13H2,(H,21,22). The van der Waals surface area contributed by atoms with Crippen molar-refractivity contribution in [2.24, 2.45) is 5.92 Å². The summed E-state index contributed by atoms with van der Waals surface area (Å²) >= 11 is 0. The van der Waals surface area contributed by atoms with E-state index < -0.39 is 0 Å². The van der Waals surface area contributed by atoms with Crippen LogP contribution >= 0.6 is 0 Å². The lowest BCUT2D eigenvalue weighted by molar-refractivity contribution is -0.121. The normalized spacial score (nSPS) is 15.8. The molecule has 0 bridgehead atoms. The van der Waals surface area contributed by atoms with Crippen molar-refractivity contribution in [2.75, 3.05) is 13.1 Å². The van der Waals surface area contributed by atoms with E-state index in [-0.39, 0.29) is 5.91 Å². The summed E-state index contributed by atoms with van der Waals surface area (Å²) < 4.78 is 0. The lowest BCUT2D eigenvalue weighted by atomic mass is 9.93. The molecular formula is C18H23N3O. The van der Waals surface area contributed by atoms with E-state index in [1.807, 2.05) is 30.5 Å². The Hall–Kier alpha value is -1.94. The van der Waals surface area contributed by atoms with Gasteiger partial charge < -0.3 is 10.6 Å². The van der Waals surface area contributed by atoms with Gasteiger partial charge in [0.15, 0.2) is 0 Å². The van der Waals surface area contributed by atoms with Gasteiger partial charge in [0.25, 0.3) is 0 Å². The number of para-hydroxylation sites is 1. The molecule has 0 radical (unpaired) electrons. The van der Waals surface area contributed by atoms with Gasteiger partial charge in [-0.25, -0.2) is 0 Å². The third kappa shape index (κ3) is 4.04. The summed E-state index contributed by atoms with van der Waals surface area (Å²) in [6, 6.07) is 10.1. The number of benzene rings is 1. The second kappa shape index (κ2) is 7.36. The van der Waals surface area contributed by atoms with Crippen molar-refractivity contribution >= 4 is 16.8 Å². The van der Waals surface area contributed by atoms with Crippen LogP contribution in [0.3, 0.4) is 0 Å². The number of rotatable bonds is 5. The second-order valence-electron chi connectivity index (χ2n) is 6.05. The first-order valence-electron chi connectivity index (χ1n) is 8.12. The van der Waals surface area contributed by atoms with Crippen LogP contribution in [0.15, 0.2) is 36.5 Å². The Kier molecular flexibility index (Phi) is 5.01. The minimum Gasteiger partial charge on any atom is -0.352 e. The van der Waals surface area contributed by atoms with Crippen molar-refractivity contribution in [2.45, 2.75) is 32.2 Å². The Labute approximate surface area is 131 Å². The summed E-state index contributed by atoms with van der Waals surface area (Å²) in [7, 11) is 0. The molecule has 1 amide bonds. The van der Waals surface area contributed by atoms with Gasteiger partial charge in [0.2, 0.25) is 5.91 Å². The first-order chi connectivity index (χ1) is 10.8. The molecule has 1 aromatic carbocycles. The molecule has 2 N–H and O–H groups in total. The molecular weight excluding hydrogens is 274 g/mol. The molecule has 0 atom stereocenters. The molecule has 116 valence electrons. The molecule has 0 unspecified atom stereocenters. The Morgan fingerprint density at radius 2 is 2.09 bits per heavy atom. The largest absolute Gasteiger partial charge is 0.352 e. The zero-order valence-electron chi connectivity index (χ0n) is 12.8. The van der Waals surface area contributed by atoms with E-state index in [4.69, 9.17) is 0 Å². The minimum atomic E-state index is 0.145. The van der Waals surface area contributed by atoms with Crippen molar-refractivity contribution in [3.05, 3.63) is 42.1 Å². The predicted octanol–water partition coefficient (Wildman–Crippen LogP) is 2.63. The molecule has 1 fully saturated rings. The maximum atomic E-state index is 12.0. The van der Waals surface area contributed by atoms with Crippen LogP contribution in [-0.4, -0.2) is 24.0 Å². The molecule has 0 saturated carbocycles. The summed E-state index contributed by atoms with van der Waals surface area (Å²) in [6.45, 7) is 2.74. The number of pyridine rings is 1. The number of carbonyl (C=O) groups is 1. The van der Waals surface area contributed by atoms with Crippen LogP contribution in [0.1, 0.15) is 31.2 Å². The Morgan fingerprint density at radius 1 is 1.27 bits per heavy atom. The predicted molar refractivity (Wildman–Crippen MR) is 88.4 cm³/mol. The van der Waals surface area contributed by atoms with E-state index in [2.05, 4.69) is 21.7 Å². The van der Waals surface area contributed by atoms with Gasteiger partial charge in [0, 0.05) is 24.5 Å². The Balaban J connectivity index is 1.47. The van der Waals surface area contributed by atoms with Crippen LogP contribution in [0.2, 0.25) is 0 Å². The number of amides is 1. The SMILES string of the molecule is O=C(CCC1CCNCC1)NCc1cnc2ccccc2c1. The molecule has 4 nitrogen and oxygen atoms in total. The zero-order chi connectivity index (χ0) is 15.2. The molecule has 0 spiro atoms. The van der Waals surface area contributed by atoms with Gasteiger partial charge >= 0.3 is 0 Å². The van der Waals surface area contributed by atoms with E-state index in [1.54, 1.807) is 0 Å². The molecule has 22 heavy (non-hydrogen) atoms. The number of aromatic nitrogens is 1. The van der Waals surface area contributed by atoms with Crippen LogP contribution < -0.4 is 10.6 Å². The van der Waals surface area contributed by atoms with Crippen LogP contribution in [0.5, 0.6) is 0 Å². The highest BCUT2D eigenvalue weighted by Gasteiger charge is 2.14. The lowest BCUT2D eigenvalue weighted by Gasteiger charge is -2.22. The average Bonchev–Trinajstić information content (AvgIpc) is 2.59. The van der Waals surface area contributed by atoms with Gasteiger partial charge in [-0.2, -0.15) is 0 Å². The number of fused-ring (bicyclic) bond motifs is 1. The van der Waals surface area contributed by atoms with Crippen LogP contribution in [0.4, 0.5) is 0 Å². The highest BCUT2D eigenvalue weighted by Crippen LogP contribution is 2.17. The fourth-order valence-corrected chi connectivity index (χ4v) is 3.01. The van der Waals surface area contributed by atoms with E-state index in [0.29, 0.717) is 18.9 Å². The summed E-state index contributed by atoms with van der Waals surface area (Å²) in [5.41, 5.74) is 2.04. The second-order valence-corrected chi connectivity index (χ2v) is 6.05. The van der Waals surface area contributed by atoms with Crippen molar-refractivity contribution in [1.82, 2.24) is 15.6 Å². The maximum Gasteiger partial charge on any atom is 0.220 e. The van der Waals surface area contributed by atoms with Crippen LogP contribution in [0.25, 0.3) is 10.9 Å². The summed E-state index contributed by atoms with van der Waals surface area (Å²) in [5, 5.41) is 7.48. The fourth-order valence-electron chi connectivity index (χ4n) is 3.01. The summed E-state index contributed by atoms with van der Waals surface area (Å²) in [6.07, 6.45) is 5.87. The molecule has 1 saturated heterocycles. The molecule has 2 heterocycles. The Bertz CT molecular complexity index is 635. The van der Waals surface area contributed by atoms with E-state index in [9.17, 15) is 4.79 Å². The molecule has 1 aliphatic rings. The third-order valence-corrected chi connectivity index (χ3v) is 4.38. The van der Waals surface area contributed by atoms with Crippen LogP contribution in [-0.2, 0) is 11.3 Å². The van der Waals surface area contributed by atoms with Crippen molar-refractivity contribution in [1.29, 1.82) is 0 Å². The number of hydrogen-bond donors (Lipinski definition) is 2. The topological polar surface area (TPSA) is 54.0 Å². The number of hydrogen-bond acceptors (Lipinski definition) is 3. The van der Waals surface area contributed by atoms with Gasteiger partial charge in [-0.05, 0) is 56.0 Å². The third-order valence-electron chi connectivity index (χ3n) is 4.38. The van der Waals surface area contributed by atoms with Gasteiger partial charge in [0.05, 0.1) is 5.52 Å². The van der Waals surface area contributed by atoms with E-state index in [0.717, 1.165) is 36.0 Å². The van der Waals surface area contributed by atoms with Gasteiger partial charge in [-0.15, -0.1) is 0 Å². The Morgan fingerprint density at radius 3 is 2.95 bits per heavy atom. The van der Waals surface area contributed by atoms with Gasteiger partial charge in [-0.1, -0.05) is 18.2 Å². The smallest absolute Gasteiger partial charge is 0.220 e. The zero-order valence-corrected chi connectivity index (χ0v) is 12.8. The first-order valence-corrected chi connectivity index (χ1v) is 8.12. The summed E-state index contributed by atoms with van der Waals surface area (Å²) in [4.78, 5) is 16.4. The average molecular weight is 297 g/mol. The molecule has 4 heteroatoms. The minimum absolute atomic E-state index is 0.145. The van der Waals surface area contributed by atoms with Crippen LogP contribution in [0, 0.1) is 5.92 Å². The van der Waals surface area contributed by atoms with E-state index >= 15 is 0 Å². The molecule has 1 aliphatic heterocycles. The first kappa shape index (κ1) is 15.0. The molecule has 2 aromatic rings. The van der Waals surface area contributed by atoms with Crippen molar-refractivity contribution < 1.29 is 4.79 Å². The highest BCUT2D eigenvalue weighted by atomic mass is 16.1. The molecule has 3 rings (SSSR count). The lowest BCUT2D eigenvalue weighted by Crippen LogP contribution is -2.29. The monoisotopic (exact) mass is 297 g/mol. The highest BCUT2D eigenvalue weighted by molar-refractivity contribution is 5.79. The summed E-state index contributed by atoms with van der Waals surface area (Å²) in [5.74, 6) is 0.848. The molecule has 1 aromatic heterocycles. The van der Waals surface area contributed by atoms with Crippen molar-refractivity contribution in [3.8, 4) is 0 Å². The fraction of sp³-hybridized carbons (Fsp3) is 0.444. The van der Waals surface area contributed by atoms with Crippen molar-refractivity contribution in [3.63, 3.8) is 0 Å². The van der Waals surface area contributed by atoms with Gasteiger partial charge in [-0.3, -0.25) is 9.78 Å². The van der Waals surface area contributed by atoms with E-state index in [1.165, 1.54) is 12.8 Å². The molecule has 0 aliphatic carbocycles. The number of nitrogens with zero attached hydrogens (tertiary/aromatic N) is 1. The number of nitrogens with one attached hydrogen (secondary N) is 2. The quantitative estimate of drug-likeness (QED) is 0.892.